The van der Waals surface area contributed by atoms with E-state index in [2.05, 4.69) is 20.7 Å². The Morgan fingerprint density at radius 2 is 1.86 bits per heavy atom. The zero-order valence-corrected chi connectivity index (χ0v) is 10.3. The van der Waals surface area contributed by atoms with Crippen molar-refractivity contribution in [2.45, 2.75) is 0 Å². The lowest BCUT2D eigenvalue weighted by atomic mass is 10.3. The molecule has 0 fully saturated rings. The second-order valence-electron chi connectivity index (χ2n) is 2.87. The summed E-state index contributed by atoms with van der Waals surface area (Å²) < 4.78 is 27.2. The standard InChI is InChI=1S/C8H11BrN2O2S/c1-11(2)14(12,13)10-8-6-4-3-5-7(8)9/h3-6,10H,1-2H3. The van der Waals surface area contributed by atoms with Crippen molar-refractivity contribution in [1.82, 2.24) is 4.31 Å². The second kappa shape index (κ2) is 4.29. The molecule has 0 atom stereocenters. The fourth-order valence-electron chi connectivity index (χ4n) is 0.774. The van der Waals surface area contributed by atoms with Gasteiger partial charge in [0.25, 0.3) is 0 Å². The lowest BCUT2D eigenvalue weighted by molar-refractivity contribution is 0.527. The molecular formula is C8H11BrN2O2S. The van der Waals surface area contributed by atoms with Crippen molar-refractivity contribution in [2.24, 2.45) is 0 Å². The molecule has 0 spiro atoms. The number of benzene rings is 1. The van der Waals surface area contributed by atoms with Crippen LogP contribution in [0.15, 0.2) is 28.7 Å². The van der Waals surface area contributed by atoms with Crippen molar-refractivity contribution in [3.63, 3.8) is 0 Å². The van der Waals surface area contributed by atoms with E-state index >= 15 is 0 Å². The third-order valence-electron chi connectivity index (χ3n) is 1.59. The Bertz CT molecular complexity index is 417. The molecule has 4 nitrogen and oxygen atoms in total. The molecular weight excluding hydrogens is 268 g/mol. The summed E-state index contributed by atoms with van der Waals surface area (Å²) in [5.41, 5.74) is 0.529. The van der Waals surface area contributed by atoms with Gasteiger partial charge < -0.3 is 0 Å². The van der Waals surface area contributed by atoms with Crippen LogP contribution in [0.1, 0.15) is 0 Å². The number of nitrogens with zero attached hydrogens (tertiary/aromatic N) is 1. The van der Waals surface area contributed by atoms with Gasteiger partial charge in [0.1, 0.15) is 0 Å². The molecule has 0 saturated heterocycles. The summed E-state index contributed by atoms with van der Waals surface area (Å²) in [5, 5.41) is 0. The molecule has 0 bridgehead atoms. The van der Waals surface area contributed by atoms with Crippen LogP contribution in [0.2, 0.25) is 0 Å². The van der Waals surface area contributed by atoms with Gasteiger partial charge >= 0.3 is 10.2 Å². The highest BCUT2D eigenvalue weighted by Gasteiger charge is 2.13. The Kier molecular flexibility index (Phi) is 3.52. The molecule has 0 saturated carbocycles. The Morgan fingerprint density at radius 1 is 1.29 bits per heavy atom. The highest BCUT2D eigenvalue weighted by atomic mass is 79.9. The van der Waals surface area contributed by atoms with Crippen LogP contribution in [0, 0.1) is 0 Å². The van der Waals surface area contributed by atoms with E-state index in [0.717, 1.165) is 4.31 Å². The molecule has 0 amide bonds. The van der Waals surface area contributed by atoms with Crippen LogP contribution >= 0.6 is 15.9 Å². The van der Waals surface area contributed by atoms with Gasteiger partial charge in [-0.25, -0.2) is 0 Å². The van der Waals surface area contributed by atoms with E-state index in [1.54, 1.807) is 18.2 Å². The second-order valence-corrected chi connectivity index (χ2v) is 5.61. The van der Waals surface area contributed by atoms with Crippen LogP contribution in [0.5, 0.6) is 0 Å². The van der Waals surface area contributed by atoms with Gasteiger partial charge in [0.05, 0.1) is 5.69 Å². The first-order valence-electron chi connectivity index (χ1n) is 3.88. The highest BCUT2D eigenvalue weighted by molar-refractivity contribution is 9.10. The summed E-state index contributed by atoms with van der Waals surface area (Å²) in [6, 6.07) is 7.04. The van der Waals surface area contributed by atoms with Crippen molar-refractivity contribution >= 4 is 31.8 Å². The number of para-hydroxylation sites is 1. The molecule has 6 heteroatoms. The van der Waals surface area contributed by atoms with Gasteiger partial charge in [-0.1, -0.05) is 12.1 Å². The van der Waals surface area contributed by atoms with E-state index in [9.17, 15) is 8.42 Å². The van der Waals surface area contributed by atoms with Gasteiger partial charge in [-0.2, -0.15) is 12.7 Å². The average Bonchev–Trinajstić information content (AvgIpc) is 2.08. The molecule has 14 heavy (non-hydrogen) atoms. The minimum Gasteiger partial charge on any atom is -0.270 e. The smallest absolute Gasteiger partial charge is 0.270 e. The molecule has 78 valence electrons. The third-order valence-corrected chi connectivity index (χ3v) is 3.72. The van der Waals surface area contributed by atoms with E-state index in [0.29, 0.717) is 10.2 Å². The average molecular weight is 279 g/mol. The summed E-state index contributed by atoms with van der Waals surface area (Å²) in [6.45, 7) is 0. The zero-order valence-electron chi connectivity index (χ0n) is 7.86. The predicted octanol–water partition coefficient (Wildman–Crippen LogP) is 1.67. The van der Waals surface area contributed by atoms with Crippen LogP contribution in [-0.2, 0) is 10.2 Å². The zero-order chi connectivity index (χ0) is 10.8. The molecule has 0 aliphatic carbocycles. The number of anilines is 1. The lowest BCUT2D eigenvalue weighted by Crippen LogP contribution is -2.29. The summed E-state index contributed by atoms with van der Waals surface area (Å²) >= 11 is 3.25. The monoisotopic (exact) mass is 278 g/mol. The van der Waals surface area contributed by atoms with Gasteiger partial charge in [0.15, 0.2) is 0 Å². The van der Waals surface area contributed by atoms with Gasteiger partial charge in [-0.3, -0.25) is 4.72 Å². The van der Waals surface area contributed by atoms with Crippen LogP contribution < -0.4 is 4.72 Å². The minimum atomic E-state index is -3.42. The lowest BCUT2D eigenvalue weighted by Gasteiger charge is -2.14. The Hall–Kier alpha value is -0.590. The molecule has 0 aliphatic heterocycles. The maximum absolute atomic E-state index is 11.4. The van der Waals surface area contributed by atoms with Crippen LogP contribution in [0.25, 0.3) is 0 Å². The summed E-state index contributed by atoms with van der Waals surface area (Å²) in [4.78, 5) is 0. The van der Waals surface area contributed by atoms with Crippen molar-refractivity contribution in [3.8, 4) is 0 Å². The Morgan fingerprint density at radius 3 is 2.36 bits per heavy atom. The number of halogens is 1. The molecule has 0 heterocycles. The molecule has 0 aliphatic rings. The number of nitrogens with one attached hydrogen (secondary N) is 1. The highest BCUT2D eigenvalue weighted by Crippen LogP contribution is 2.22. The van der Waals surface area contributed by atoms with Crippen molar-refractivity contribution in [1.29, 1.82) is 0 Å². The van der Waals surface area contributed by atoms with Gasteiger partial charge in [0, 0.05) is 18.6 Å². The number of hydrogen-bond donors (Lipinski definition) is 1. The number of hydrogen-bond acceptors (Lipinski definition) is 2. The van der Waals surface area contributed by atoms with E-state index in [4.69, 9.17) is 0 Å². The van der Waals surface area contributed by atoms with E-state index < -0.39 is 10.2 Å². The molecule has 1 rings (SSSR count). The van der Waals surface area contributed by atoms with Crippen molar-refractivity contribution < 1.29 is 8.42 Å². The van der Waals surface area contributed by atoms with Crippen LogP contribution in [0.4, 0.5) is 5.69 Å². The fraction of sp³-hybridized carbons (Fsp3) is 0.250. The first-order valence-corrected chi connectivity index (χ1v) is 6.11. The van der Waals surface area contributed by atoms with Crippen molar-refractivity contribution in [2.75, 3.05) is 18.8 Å². The summed E-state index contributed by atoms with van der Waals surface area (Å²) in [7, 11) is -0.478. The SMILES string of the molecule is CN(C)S(=O)(=O)Nc1ccccc1Br. The molecule has 0 unspecified atom stereocenters. The van der Waals surface area contributed by atoms with Crippen LogP contribution in [0.3, 0.4) is 0 Å². The van der Waals surface area contributed by atoms with Gasteiger partial charge in [0.2, 0.25) is 0 Å². The predicted molar refractivity (Wildman–Crippen MR) is 60.4 cm³/mol. The maximum atomic E-state index is 11.4. The molecule has 0 aromatic heterocycles. The molecule has 1 N–H and O–H groups in total. The van der Waals surface area contributed by atoms with Gasteiger partial charge in [-0.05, 0) is 28.1 Å². The molecule has 1 aromatic rings. The molecule has 1 aromatic carbocycles. The van der Waals surface area contributed by atoms with E-state index in [1.807, 2.05) is 6.07 Å². The largest absolute Gasteiger partial charge is 0.301 e. The topological polar surface area (TPSA) is 49.4 Å². The normalized spacial score (nSPS) is 11.7. The van der Waals surface area contributed by atoms with E-state index in [-0.39, 0.29) is 0 Å². The maximum Gasteiger partial charge on any atom is 0.301 e. The van der Waals surface area contributed by atoms with Crippen LogP contribution in [-0.4, -0.2) is 26.8 Å². The third kappa shape index (κ3) is 2.70. The summed E-state index contributed by atoms with van der Waals surface area (Å²) in [5.74, 6) is 0. The quantitative estimate of drug-likeness (QED) is 0.915. The van der Waals surface area contributed by atoms with Crippen molar-refractivity contribution in [3.05, 3.63) is 28.7 Å². The molecule has 0 radical (unpaired) electrons. The van der Waals surface area contributed by atoms with Gasteiger partial charge in [-0.15, -0.1) is 0 Å². The summed E-state index contributed by atoms with van der Waals surface area (Å²) in [6.07, 6.45) is 0. The first-order chi connectivity index (χ1) is 6.43. The first kappa shape index (κ1) is 11.5. The Labute approximate surface area is 92.2 Å². The number of rotatable bonds is 3. The fourth-order valence-corrected chi connectivity index (χ4v) is 1.93. The minimum absolute atomic E-state index is 0.529. The Balaban J connectivity index is 2.96. The van der Waals surface area contributed by atoms with E-state index in [1.165, 1.54) is 14.1 Å².